The van der Waals surface area contributed by atoms with Crippen LogP contribution in [0.15, 0.2) is 24.4 Å². The predicted molar refractivity (Wildman–Crippen MR) is 96.5 cm³/mol. The molecular formula is C19H26N4O2. The lowest BCUT2D eigenvalue weighted by atomic mass is 9.94. The number of pyridine rings is 1. The van der Waals surface area contributed by atoms with E-state index in [1.165, 1.54) is 5.69 Å². The van der Waals surface area contributed by atoms with Gasteiger partial charge in [-0.15, -0.1) is 0 Å². The van der Waals surface area contributed by atoms with Gasteiger partial charge in [-0.1, -0.05) is 0 Å². The standard InChI is InChI=1S/C19H26N4O2/c1-14(22-8-10-25-11-9-22)19(24)23-7-3-5-16(13-23)17-12-15-4-2-6-20-18(15)21-17/h2,4,6,12,14,16H,3,5,7-11,13H2,1H3,(H,20,21)/t14-,16-/m0/s1. The minimum atomic E-state index is -0.0629. The highest BCUT2D eigenvalue weighted by Gasteiger charge is 2.31. The Morgan fingerprint density at radius 3 is 3.00 bits per heavy atom. The number of ether oxygens (including phenoxy) is 1. The van der Waals surface area contributed by atoms with Crippen LogP contribution in [0.1, 0.15) is 31.4 Å². The third-order valence-electron chi connectivity index (χ3n) is 5.54. The van der Waals surface area contributed by atoms with E-state index in [4.69, 9.17) is 4.74 Å². The number of carbonyl (C=O) groups excluding carboxylic acids is 1. The summed E-state index contributed by atoms with van der Waals surface area (Å²) in [6.07, 6.45) is 3.97. The zero-order chi connectivity index (χ0) is 17.2. The van der Waals surface area contributed by atoms with Crippen LogP contribution in [0.5, 0.6) is 0 Å². The normalized spacial score (nSPS) is 23.7. The van der Waals surface area contributed by atoms with Gasteiger partial charge in [0, 0.05) is 49.4 Å². The van der Waals surface area contributed by atoms with Gasteiger partial charge in [-0.2, -0.15) is 0 Å². The first-order valence-corrected chi connectivity index (χ1v) is 9.26. The number of hydrogen-bond acceptors (Lipinski definition) is 4. The summed E-state index contributed by atoms with van der Waals surface area (Å²) in [7, 11) is 0. The number of nitrogens with one attached hydrogen (secondary N) is 1. The van der Waals surface area contributed by atoms with E-state index >= 15 is 0 Å². The van der Waals surface area contributed by atoms with Gasteiger partial charge in [0.2, 0.25) is 5.91 Å². The fourth-order valence-electron chi connectivity index (χ4n) is 4.02. The van der Waals surface area contributed by atoms with Gasteiger partial charge in [-0.25, -0.2) is 4.98 Å². The van der Waals surface area contributed by atoms with Crippen molar-refractivity contribution in [2.24, 2.45) is 0 Å². The quantitative estimate of drug-likeness (QED) is 0.927. The van der Waals surface area contributed by atoms with Gasteiger partial charge in [-0.05, 0) is 38.0 Å². The molecule has 25 heavy (non-hydrogen) atoms. The molecule has 2 saturated heterocycles. The minimum Gasteiger partial charge on any atom is -0.379 e. The number of H-pyrrole nitrogens is 1. The van der Waals surface area contributed by atoms with Crippen LogP contribution >= 0.6 is 0 Å². The van der Waals surface area contributed by atoms with Gasteiger partial charge >= 0.3 is 0 Å². The van der Waals surface area contributed by atoms with E-state index in [1.54, 1.807) is 0 Å². The molecule has 0 spiro atoms. The van der Waals surface area contributed by atoms with E-state index in [1.807, 2.05) is 24.1 Å². The van der Waals surface area contributed by atoms with E-state index in [9.17, 15) is 4.79 Å². The maximum Gasteiger partial charge on any atom is 0.239 e. The smallest absolute Gasteiger partial charge is 0.239 e. The van der Waals surface area contributed by atoms with Crippen molar-refractivity contribution in [3.63, 3.8) is 0 Å². The molecule has 2 fully saturated rings. The molecule has 2 aromatic heterocycles. The van der Waals surface area contributed by atoms with Crippen LogP contribution in [0, 0.1) is 0 Å². The highest BCUT2D eigenvalue weighted by molar-refractivity contribution is 5.82. The highest BCUT2D eigenvalue weighted by atomic mass is 16.5. The summed E-state index contributed by atoms with van der Waals surface area (Å²) in [6, 6.07) is 6.16. The number of rotatable bonds is 3. The van der Waals surface area contributed by atoms with Gasteiger partial charge < -0.3 is 14.6 Å². The van der Waals surface area contributed by atoms with Crippen LogP contribution in [0.25, 0.3) is 11.0 Å². The van der Waals surface area contributed by atoms with Crippen molar-refractivity contribution in [3.05, 3.63) is 30.1 Å². The van der Waals surface area contributed by atoms with Crippen molar-refractivity contribution < 1.29 is 9.53 Å². The van der Waals surface area contributed by atoms with Gasteiger partial charge in [0.05, 0.1) is 19.3 Å². The molecule has 2 atom stereocenters. The van der Waals surface area contributed by atoms with Crippen molar-refractivity contribution >= 4 is 16.9 Å². The molecule has 6 nitrogen and oxygen atoms in total. The second-order valence-corrected chi connectivity index (χ2v) is 7.11. The van der Waals surface area contributed by atoms with Crippen LogP contribution in [0.3, 0.4) is 0 Å². The molecule has 0 aliphatic carbocycles. The molecule has 1 amide bonds. The fraction of sp³-hybridized carbons (Fsp3) is 0.579. The van der Waals surface area contributed by atoms with Gasteiger partial charge in [0.1, 0.15) is 5.65 Å². The van der Waals surface area contributed by atoms with Gasteiger partial charge in [0.25, 0.3) is 0 Å². The second-order valence-electron chi connectivity index (χ2n) is 7.11. The van der Waals surface area contributed by atoms with E-state index in [0.29, 0.717) is 5.92 Å². The number of carbonyl (C=O) groups is 1. The van der Waals surface area contributed by atoms with E-state index in [0.717, 1.165) is 63.3 Å². The molecule has 6 heteroatoms. The lowest BCUT2D eigenvalue weighted by Crippen LogP contribution is -2.52. The minimum absolute atomic E-state index is 0.0629. The van der Waals surface area contributed by atoms with Crippen molar-refractivity contribution in [2.45, 2.75) is 31.7 Å². The van der Waals surface area contributed by atoms with Crippen LogP contribution in [0.4, 0.5) is 0 Å². The predicted octanol–water partition coefficient (Wildman–Crippen LogP) is 1.99. The summed E-state index contributed by atoms with van der Waals surface area (Å²) in [5.74, 6) is 0.615. The maximum absolute atomic E-state index is 13.0. The first kappa shape index (κ1) is 16.5. The van der Waals surface area contributed by atoms with Crippen molar-refractivity contribution in [2.75, 3.05) is 39.4 Å². The molecule has 0 unspecified atom stereocenters. The molecule has 0 bridgehead atoms. The van der Waals surface area contributed by atoms with Crippen LogP contribution in [0.2, 0.25) is 0 Å². The number of likely N-dealkylation sites (tertiary alicyclic amines) is 1. The Labute approximate surface area is 148 Å². The monoisotopic (exact) mass is 342 g/mol. The summed E-state index contributed by atoms with van der Waals surface area (Å²) in [6.45, 7) is 6.83. The molecule has 2 aliphatic heterocycles. The maximum atomic E-state index is 13.0. The summed E-state index contributed by atoms with van der Waals surface area (Å²) in [5, 5.41) is 1.14. The fourth-order valence-corrected chi connectivity index (χ4v) is 4.02. The number of amides is 1. The third-order valence-corrected chi connectivity index (χ3v) is 5.54. The van der Waals surface area contributed by atoms with Crippen molar-refractivity contribution in [1.82, 2.24) is 19.8 Å². The summed E-state index contributed by atoms with van der Waals surface area (Å²) in [5.41, 5.74) is 2.13. The Bertz CT molecular complexity index is 705. The van der Waals surface area contributed by atoms with Crippen LogP contribution in [-0.2, 0) is 9.53 Å². The molecule has 1 N–H and O–H groups in total. The third kappa shape index (κ3) is 3.41. The topological polar surface area (TPSA) is 61.5 Å². The Kier molecular flexibility index (Phi) is 4.72. The Balaban J connectivity index is 1.45. The zero-order valence-corrected chi connectivity index (χ0v) is 14.8. The number of piperidine rings is 1. The Morgan fingerprint density at radius 2 is 2.20 bits per heavy atom. The number of morpholine rings is 1. The van der Waals surface area contributed by atoms with Crippen molar-refractivity contribution in [3.8, 4) is 0 Å². The molecule has 0 radical (unpaired) electrons. The second kappa shape index (κ2) is 7.14. The van der Waals surface area contributed by atoms with E-state index < -0.39 is 0 Å². The SMILES string of the molecule is C[C@@H](C(=O)N1CCC[C@H](c2cc3cccnc3[nH]2)C1)N1CCOCC1. The molecule has 2 aromatic rings. The van der Waals surface area contributed by atoms with Crippen molar-refractivity contribution in [1.29, 1.82) is 0 Å². The summed E-state index contributed by atoms with van der Waals surface area (Å²) in [4.78, 5) is 25.1. The molecule has 0 aromatic carbocycles. The summed E-state index contributed by atoms with van der Waals surface area (Å²) < 4.78 is 5.40. The number of aromatic nitrogens is 2. The zero-order valence-electron chi connectivity index (χ0n) is 14.8. The van der Waals surface area contributed by atoms with E-state index in [2.05, 4.69) is 27.0 Å². The van der Waals surface area contributed by atoms with E-state index in [-0.39, 0.29) is 11.9 Å². The highest BCUT2D eigenvalue weighted by Crippen LogP contribution is 2.29. The number of aromatic amines is 1. The number of fused-ring (bicyclic) bond motifs is 1. The molecule has 0 saturated carbocycles. The lowest BCUT2D eigenvalue weighted by molar-refractivity contribution is -0.139. The molecule has 4 heterocycles. The number of nitrogens with zero attached hydrogens (tertiary/aromatic N) is 3. The number of hydrogen-bond donors (Lipinski definition) is 1. The average molecular weight is 342 g/mol. The largest absolute Gasteiger partial charge is 0.379 e. The lowest BCUT2D eigenvalue weighted by Gasteiger charge is -2.38. The molecule has 4 rings (SSSR count). The van der Waals surface area contributed by atoms with Gasteiger partial charge in [0.15, 0.2) is 0 Å². The molecule has 2 aliphatic rings. The van der Waals surface area contributed by atoms with Crippen LogP contribution < -0.4 is 0 Å². The Morgan fingerprint density at radius 1 is 1.36 bits per heavy atom. The summed E-state index contributed by atoms with van der Waals surface area (Å²) >= 11 is 0. The van der Waals surface area contributed by atoms with Gasteiger partial charge in [-0.3, -0.25) is 9.69 Å². The Hall–Kier alpha value is -1.92. The first-order chi connectivity index (χ1) is 12.2. The van der Waals surface area contributed by atoms with Crippen LogP contribution in [-0.4, -0.2) is 71.1 Å². The first-order valence-electron chi connectivity index (χ1n) is 9.26. The molecular weight excluding hydrogens is 316 g/mol. The average Bonchev–Trinajstić information content (AvgIpc) is 3.12. The molecule has 134 valence electrons.